The first-order valence-corrected chi connectivity index (χ1v) is 8.64. The Kier molecular flexibility index (Phi) is 4.38. The molecule has 0 amide bonds. The molecular weight excluding hydrogens is 329 g/mol. The van der Waals surface area contributed by atoms with Crippen molar-refractivity contribution in [3.05, 3.63) is 59.0 Å². The van der Waals surface area contributed by atoms with E-state index in [2.05, 4.69) is 15.0 Å². The van der Waals surface area contributed by atoms with Gasteiger partial charge in [-0.15, -0.1) is 11.3 Å². The summed E-state index contributed by atoms with van der Waals surface area (Å²) < 4.78 is 24.7. The van der Waals surface area contributed by atoms with E-state index in [1.165, 1.54) is 12.1 Å². The molecule has 2 aromatic heterocycles. The molecule has 1 aromatic carbocycles. The minimum atomic E-state index is -0.274. The topological polar surface area (TPSA) is 51.4 Å². The van der Waals surface area contributed by atoms with Gasteiger partial charge in [-0.25, -0.2) is 4.39 Å². The molecule has 7 heteroatoms. The number of rotatable bonds is 4. The molecular formula is C17H16FN3O2S. The molecule has 4 rings (SSSR count). The lowest BCUT2D eigenvalue weighted by molar-refractivity contribution is 0.0180. The van der Waals surface area contributed by atoms with Gasteiger partial charge in [0.1, 0.15) is 11.9 Å². The SMILES string of the molecule is Fc1cccc([C@H](c2nc(-c3cccs3)no2)N2CCOCC2)c1. The van der Waals surface area contributed by atoms with Crippen molar-refractivity contribution in [2.75, 3.05) is 26.3 Å². The zero-order chi connectivity index (χ0) is 16.4. The van der Waals surface area contributed by atoms with E-state index in [1.54, 1.807) is 17.4 Å². The largest absolute Gasteiger partial charge is 0.379 e. The summed E-state index contributed by atoms with van der Waals surface area (Å²) in [6.07, 6.45) is 0. The Balaban J connectivity index is 1.72. The summed E-state index contributed by atoms with van der Waals surface area (Å²) in [4.78, 5) is 7.70. The summed E-state index contributed by atoms with van der Waals surface area (Å²) in [7, 11) is 0. The van der Waals surface area contributed by atoms with Crippen LogP contribution < -0.4 is 0 Å². The highest BCUT2D eigenvalue weighted by molar-refractivity contribution is 7.13. The summed E-state index contributed by atoms with van der Waals surface area (Å²) in [5.41, 5.74) is 0.804. The molecule has 0 saturated carbocycles. The van der Waals surface area contributed by atoms with Crippen LogP contribution in [-0.4, -0.2) is 41.3 Å². The van der Waals surface area contributed by atoms with E-state index in [9.17, 15) is 4.39 Å². The van der Waals surface area contributed by atoms with Crippen LogP contribution >= 0.6 is 11.3 Å². The van der Waals surface area contributed by atoms with Crippen molar-refractivity contribution in [2.45, 2.75) is 6.04 Å². The third-order valence-corrected chi connectivity index (χ3v) is 4.86. The minimum Gasteiger partial charge on any atom is -0.379 e. The van der Waals surface area contributed by atoms with E-state index in [4.69, 9.17) is 9.26 Å². The minimum absolute atomic E-state index is 0.272. The van der Waals surface area contributed by atoms with Gasteiger partial charge in [0.2, 0.25) is 11.7 Å². The van der Waals surface area contributed by atoms with Crippen LogP contribution in [0.2, 0.25) is 0 Å². The number of aromatic nitrogens is 2. The smallest absolute Gasteiger partial charge is 0.248 e. The maximum absolute atomic E-state index is 13.7. The summed E-state index contributed by atoms with van der Waals surface area (Å²) in [5, 5.41) is 6.06. The van der Waals surface area contributed by atoms with Gasteiger partial charge in [-0.3, -0.25) is 4.90 Å². The highest BCUT2D eigenvalue weighted by Gasteiger charge is 2.29. The Hall–Kier alpha value is -2.09. The van der Waals surface area contributed by atoms with Crippen LogP contribution in [0.1, 0.15) is 17.5 Å². The fourth-order valence-electron chi connectivity index (χ4n) is 2.87. The van der Waals surface area contributed by atoms with E-state index in [0.717, 1.165) is 23.5 Å². The predicted octanol–water partition coefficient (Wildman–Crippen LogP) is 3.36. The molecule has 0 aliphatic carbocycles. The molecule has 3 aromatic rings. The number of hydrogen-bond donors (Lipinski definition) is 0. The van der Waals surface area contributed by atoms with Crippen LogP contribution in [0, 0.1) is 5.82 Å². The highest BCUT2D eigenvalue weighted by Crippen LogP contribution is 2.31. The standard InChI is InChI=1S/C17H16FN3O2S/c18-13-4-1-3-12(11-13)15(21-6-8-22-9-7-21)17-19-16(20-23-17)14-5-2-10-24-14/h1-5,10-11,15H,6-9H2/t15-/m1/s1. The van der Waals surface area contributed by atoms with Crippen molar-refractivity contribution in [3.8, 4) is 10.7 Å². The molecule has 1 saturated heterocycles. The lowest BCUT2D eigenvalue weighted by Crippen LogP contribution is -2.39. The van der Waals surface area contributed by atoms with Gasteiger partial charge < -0.3 is 9.26 Å². The molecule has 1 aliphatic heterocycles. The fraction of sp³-hybridized carbons (Fsp3) is 0.294. The molecule has 0 bridgehead atoms. The van der Waals surface area contributed by atoms with E-state index in [1.807, 2.05) is 23.6 Å². The molecule has 1 fully saturated rings. The number of halogens is 1. The molecule has 24 heavy (non-hydrogen) atoms. The van der Waals surface area contributed by atoms with E-state index in [-0.39, 0.29) is 11.9 Å². The lowest BCUT2D eigenvalue weighted by Gasteiger charge is -2.32. The van der Waals surface area contributed by atoms with Crippen molar-refractivity contribution < 1.29 is 13.7 Å². The quantitative estimate of drug-likeness (QED) is 0.726. The molecule has 0 radical (unpaired) electrons. The number of benzene rings is 1. The summed E-state index contributed by atoms with van der Waals surface area (Å²) in [6, 6.07) is 10.2. The van der Waals surface area contributed by atoms with Crippen molar-refractivity contribution in [1.82, 2.24) is 15.0 Å². The first-order chi connectivity index (χ1) is 11.8. The first kappa shape index (κ1) is 15.4. The molecule has 0 N–H and O–H groups in total. The van der Waals surface area contributed by atoms with Crippen LogP contribution in [0.5, 0.6) is 0 Å². The van der Waals surface area contributed by atoms with Crippen molar-refractivity contribution in [3.63, 3.8) is 0 Å². The molecule has 3 heterocycles. The molecule has 124 valence electrons. The zero-order valence-electron chi connectivity index (χ0n) is 12.9. The second-order valence-corrected chi connectivity index (χ2v) is 6.49. The van der Waals surface area contributed by atoms with Crippen molar-refractivity contribution in [2.24, 2.45) is 0 Å². The second kappa shape index (κ2) is 6.80. The van der Waals surface area contributed by atoms with Gasteiger partial charge in [0.15, 0.2) is 0 Å². The summed E-state index contributed by atoms with van der Waals surface area (Å²) in [6.45, 7) is 2.74. The third-order valence-electron chi connectivity index (χ3n) is 3.99. The molecule has 1 atom stereocenters. The zero-order valence-corrected chi connectivity index (χ0v) is 13.7. The molecule has 5 nitrogen and oxygen atoms in total. The van der Waals surface area contributed by atoms with Crippen molar-refractivity contribution in [1.29, 1.82) is 0 Å². The van der Waals surface area contributed by atoms with Gasteiger partial charge in [-0.1, -0.05) is 23.4 Å². The monoisotopic (exact) mass is 345 g/mol. The fourth-order valence-corrected chi connectivity index (χ4v) is 3.52. The van der Waals surface area contributed by atoms with E-state index >= 15 is 0 Å². The van der Waals surface area contributed by atoms with Gasteiger partial charge >= 0.3 is 0 Å². The number of nitrogens with zero attached hydrogens (tertiary/aromatic N) is 3. The van der Waals surface area contributed by atoms with Crippen LogP contribution in [-0.2, 0) is 4.74 Å². The Morgan fingerprint density at radius 3 is 2.79 bits per heavy atom. The highest BCUT2D eigenvalue weighted by atomic mass is 32.1. The number of ether oxygens (including phenoxy) is 1. The number of hydrogen-bond acceptors (Lipinski definition) is 6. The second-order valence-electron chi connectivity index (χ2n) is 5.54. The van der Waals surface area contributed by atoms with Crippen LogP contribution in [0.25, 0.3) is 10.7 Å². The van der Waals surface area contributed by atoms with Crippen LogP contribution in [0.3, 0.4) is 0 Å². The Morgan fingerprint density at radius 1 is 1.17 bits per heavy atom. The summed E-state index contributed by atoms with van der Waals surface area (Å²) >= 11 is 1.56. The van der Waals surface area contributed by atoms with Gasteiger partial charge in [0.25, 0.3) is 0 Å². The van der Waals surface area contributed by atoms with Gasteiger partial charge in [0, 0.05) is 13.1 Å². The molecule has 1 aliphatic rings. The third kappa shape index (κ3) is 3.10. The average Bonchev–Trinajstić information content (AvgIpc) is 3.28. The van der Waals surface area contributed by atoms with E-state index in [0.29, 0.717) is 24.9 Å². The van der Waals surface area contributed by atoms with Gasteiger partial charge in [-0.05, 0) is 29.1 Å². The van der Waals surface area contributed by atoms with Gasteiger partial charge in [0.05, 0.1) is 18.1 Å². The first-order valence-electron chi connectivity index (χ1n) is 7.76. The Bertz CT molecular complexity index is 800. The number of thiophene rings is 1. The average molecular weight is 345 g/mol. The Labute approximate surface area is 142 Å². The lowest BCUT2D eigenvalue weighted by atomic mass is 10.0. The van der Waals surface area contributed by atoms with E-state index < -0.39 is 0 Å². The van der Waals surface area contributed by atoms with Gasteiger partial charge in [-0.2, -0.15) is 4.98 Å². The van der Waals surface area contributed by atoms with Crippen molar-refractivity contribution >= 4 is 11.3 Å². The predicted molar refractivity (Wildman–Crippen MR) is 88.2 cm³/mol. The summed E-state index contributed by atoms with van der Waals surface area (Å²) in [5.74, 6) is 0.768. The van der Waals surface area contributed by atoms with Crippen LogP contribution in [0.15, 0.2) is 46.3 Å². The molecule has 0 unspecified atom stereocenters. The molecule has 0 spiro atoms. The number of morpholine rings is 1. The maximum atomic E-state index is 13.7. The van der Waals surface area contributed by atoms with Crippen LogP contribution in [0.4, 0.5) is 4.39 Å². The Morgan fingerprint density at radius 2 is 2.04 bits per heavy atom. The maximum Gasteiger partial charge on any atom is 0.248 e. The normalized spacial score (nSPS) is 17.0.